The molecule has 3 aromatic rings. The van der Waals surface area contributed by atoms with Gasteiger partial charge in [-0.15, -0.1) is 11.3 Å². The Bertz CT molecular complexity index is 915. The lowest BCUT2D eigenvalue weighted by Gasteiger charge is -2.13. The van der Waals surface area contributed by atoms with Crippen LogP contribution in [0.15, 0.2) is 78.2 Å². The fourth-order valence-corrected chi connectivity index (χ4v) is 3.78. The third-order valence-electron chi connectivity index (χ3n) is 4.40. The van der Waals surface area contributed by atoms with Crippen molar-refractivity contribution in [1.82, 2.24) is 0 Å². The van der Waals surface area contributed by atoms with Gasteiger partial charge in [-0.05, 0) is 53.3 Å². The number of rotatable bonds is 10. The Morgan fingerprint density at radius 2 is 1.83 bits per heavy atom. The summed E-state index contributed by atoms with van der Waals surface area (Å²) in [6, 6.07) is 21.9. The van der Waals surface area contributed by atoms with E-state index in [4.69, 9.17) is 9.47 Å². The summed E-state index contributed by atoms with van der Waals surface area (Å²) in [6.45, 7) is 2.61. The molecule has 0 aliphatic carbocycles. The van der Waals surface area contributed by atoms with E-state index in [0.717, 1.165) is 22.4 Å². The second kappa shape index (κ2) is 10.6. The van der Waals surface area contributed by atoms with Crippen molar-refractivity contribution in [3.8, 4) is 5.75 Å². The number of benzene rings is 2. The van der Waals surface area contributed by atoms with Crippen molar-refractivity contribution in [2.75, 3.05) is 13.2 Å². The minimum absolute atomic E-state index is 0.333. The monoisotopic (exact) mass is 408 g/mol. The van der Waals surface area contributed by atoms with Gasteiger partial charge in [-0.3, -0.25) is 0 Å². The molecule has 150 valence electrons. The Labute approximate surface area is 175 Å². The van der Waals surface area contributed by atoms with E-state index in [0.29, 0.717) is 19.6 Å². The molecule has 0 bridgehead atoms. The van der Waals surface area contributed by atoms with E-state index < -0.39 is 12.1 Å². The zero-order valence-corrected chi connectivity index (χ0v) is 17.1. The maximum Gasteiger partial charge on any atom is 0.333 e. The van der Waals surface area contributed by atoms with Gasteiger partial charge in [0.25, 0.3) is 0 Å². The number of ether oxygens (including phenoxy) is 2. The summed E-state index contributed by atoms with van der Waals surface area (Å²) >= 11 is 1.70. The van der Waals surface area contributed by atoms with Crippen molar-refractivity contribution < 1.29 is 19.4 Å². The van der Waals surface area contributed by atoms with E-state index >= 15 is 0 Å². The van der Waals surface area contributed by atoms with Crippen LogP contribution in [0, 0.1) is 0 Å². The molecule has 1 unspecified atom stereocenters. The number of aliphatic carboxylic acids is 1. The quantitative estimate of drug-likeness (QED) is 0.495. The molecule has 3 rings (SSSR count). The lowest BCUT2D eigenvalue weighted by molar-refractivity contribution is -0.149. The van der Waals surface area contributed by atoms with E-state index in [1.54, 1.807) is 18.3 Å². The minimum Gasteiger partial charge on any atom is -0.490 e. The zero-order valence-electron chi connectivity index (χ0n) is 16.3. The predicted molar refractivity (Wildman–Crippen MR) is 117 cm³/mol. The van der Waals surface area contributed by atoms with Gasteiger partial charge in [0.2, 0.25) is 0 Å². The Hall–Kier alpha value is -2.89. The van der Waals surface area contributed by atoms with Crippen LogP contribution in [0.5, 0.6) is 5.75 Å². The Balaban J connectivity index is 1.65. The molecule has 5 heteroatoms. The third-order valence-corrected chi connectivity index (χ3v) is 5.30. The Morgan fingerprint density at radius 1 is 1.07 bits per heavy atom. The molecule has 0 saturated heterocycles. The molecule has 0 spiro atoms. The second-order valence-electron chi connectivity index (χ2n) is 6.40. The van der Waals surface area contributed by atoms with Crippen LogP contribution in [-0.4, -0.2) is 30.4 Å². The summed E-state index contributed by atoms with van der Waals surface area (Å²) in [5.41, 5.74) is 3.21. The summed E-state index contributed by atoms with van der Waals surface area (Å²) in [7, 11) is 0. The van der Waals surface area contributed by atoms with Crippen LogP contribution in [0.3, 0.4) is 0 Å². The molecule has 0 aliphatic heterocycles. The maximum atomic E-state index is 11.2. The fourth-order valence-electron chi connectivity index (χ4n) is 2.99. The summed E-state index contributed by atoms with van der Waals surface area (Å²) in [5, 5.41) is 11.3. The number of hydrogen-bond acceptors (Lipinski definition) is 4. The van der Waals surface area contributed by atoms with Gasteiger partial charge in [0.05, 0.1) is 0 Å². The zero-order chi connectivity index (χ0) is 20.5. The fraction of sp³-hybridized carbons (Fsp3) is 0.208. The predicted octanol–water partition coefficient (Wildman–Crippen LogP) is 5.29. The molecular weight excluding hydrogens is 384 g/mol. The van der Waals surface area contributed by atoms with Crippen molar-refractivity contribution >= 4 is 22.9 Å². The average molecular weight is 409 g/mol. The first kappa shape index (κ1) is 20.8. The first-order valence-corrected chi connectivity index (χ1v) is 10.4. The molecule has 0 aliphatic rings. The summed E-state index contributed by atoms with van der Waals surface area (Å²) < 4.78 is 11.2. The van der Waals surface area contributed by atoms with Crippen LogP contribution < -0.4 is 4.74 Å². The smallest absolute Gasteiger partial charge is 0.333 e. The number of carboxylic acid groups (broad SMARTS) is 1. The third kappa shape index (κ3) is 6.04. The van der Waals surface area contributed by atoms with E-state index in [9.17, 15) is 9.90 Å². The van der Waals surface area contributed by atoms with Crippen molar-refractivity contribution in [2.45, 2.75) is 19.4 Å². The van der Waals surface area contributed by atoms with E-state index in [-0.39, 0.29) is 0 Å². The van der Waals surface area contributed by atoms with Gasteiger partial charge in [0.15, 0.2) is 6.10 Å². The summed E-state index contributed by atoms with van der Waals surface area (Å²) in [6.07, 6.45) is 1.60. The van der Waals surface area contributed by atoms with Crippen LogP contribution in [0.25, 0.3) is 5.57 Å². The topological polar surface area (TPSA) is 55.8 Å². The Morgan fingerprint density at radius 3 is 2.45 bits per heavy atom. The van der Waals surface area contributed by atoms with Crippen molar-refractivity contribution in [2.24, 2.45) is 0 Å². The molecule has 1 aromatic heterocycles. The van der Waals surface area contributed by atoms with Crippen molar-refractivity contribution in [3.05, 3.63) is 94.2 Å². The SMILES string of the molecule is CCOC(Cc1ccc(OC/C=C(\c2ccccc2)c2cccs2)cc1)C(=O)O. The molecule has 0 saturated carbocycles. The van der Waals surface area contributed by atoms with E-state index in [1.165, 1.54) is 4.88 Å². The first-order chi connectivity index (χ1) is 14.2. The molecule has 1 atom stereocenters. The van der Waals surface area contributed by atoms with Gasteiger partial charge in [-0.1, -0.05) is 48.5 Å². The number of carboxylic acids is 1. The lowest BCUT2D eigenvalue weighted by atomic mass is 10.0. The molecule has 0 radical (unpaired) electrons. The van der Waals surface area contributed by atoms with E-state index in [2.05, 4.69) is 29.7 Å². The maximum absolute atomic E-state index is 11.2. The molecule has 0 amide bonds. The molecule has 1 N–H and O–H groups in total. The number of thiophene rings is 1. The number of hydrogen-bond donors (Lipinski definition) is 1. The molecule has 2 aromatic carbocycles. The molecule has 0 fully saturated rings. The highest BCUT2D eigenvalue weighted by molar-refractivity contribution is 7.11. The van der Waals surface area contributed by atoms with Gasteiger partial charge < -0.3 is 14.6 Å². The highest BCUT2D eigenvalue weighted by Crippen LogP contribution is 2.27. The van der Waals surface area contributed by atoms with Crippen LogP contribution in [0.1, 0.15) is 22.9 Å². The molecule has 29 heavy (non-hydrogen) atoms. The first-order valence-electron chi connectivity index (χ1n) is 9.53. The molecule has 1 heterocycles. The normalized spacial score (nSPS) is 12.5. The summed E-state index contributed by atoms with van der Waals surface area (Å²) in [4.78, 5) is 12.4. The van der Waals surface area contributed by atoms with Crippen molar-refractivity contribution in [1.29, 1.82) is 0 Å². The van der Waals surface area contributed by atoms with Crippen LogP contribution in [-0.2, 0) is 16.0 Å². The highest BCUT2D eigenvalue weighted by Gasteiger charge is 2.17. The van der Waals surface area contributed by atoms with Gasteiger partial charge in [0.1, 0.15) is 12.4 Å². The molecule has 4 nitrogen and oxygen atoms in total. The second-order valence-corrected chi connectivity index (χ2v) is 7.35. The van der Waals surface area contributed by atoms with Gasteiger partial charge >= 0.3 is 5.97 Å². The number of carbonyl (C=O) groups is 1. The average Bonchev–Trinajstić information content (AvgIpc) is 3.27. The standard InChI is InChI=1S/C24H24O4S/c1-2-27-22(24(25)26)17-18-10-12-20(13-11-18)28-15-14-21(23-9-6-16-29-23)19-7-4-3-5-8-19/h3-14,16,22H,2,15,17H2,1H3,(H,25,26)/b21-14+. The molecular formula is C24H24O4S. The van der Waals surface area contributed by atoms with Crippen LogP contribution in [0.4, 0.5) is 0 Å². The van der Waals surface area contributed by atoms with Crippen LogP contribution in [0.2, 0.25) is 0 Å². The summed E-state index contributed by atoms with van der Waals surface area (Å²) in [5.74, 6) is -0.203. The lowest BCUT2D eigenvalue weighted by Crippen LogP contribution is -2.26. The van der Waals surface area contributed by atoms with Gasteiger partial charge in [-0.2, -0.15) is 0 Å². The van der Waals surface area contributed by atoms with Gasteiger partial charge in [0, 0.05) is 17.9 Å². The minimum atomic E-state index is -0.945. The largest absolute Gasteiger partial charge is 0.490 e. The van der Waals surface area contributed by atoms with Crippen LogP contribution >= 0.6 is 11.3 Å². The van der Waals surface area contributed by atoms with Gasteiger partial charge in [-0.25, -0.2) is 4.79 Å². The van der Waals surface area contributed by atoms with Crippen molar-refractivity contribution in [3.63, 3.8) is 0 Å². The Kier molecular flexibility index (Phi) is 7.61. The van der Waals surface area contributed by atoms with E-state index in [1.807, 2.05) is 48.5 Å². The highest BCUT2D eigenvalue weighted by atomic mass is 32.1.